The molecule has 1 aromatic carbocycles. The molecule has 4 rings (SSSR count). The van der Waals surface area contributed by atoms with Crippen LogP contribution >= 0.6 is 0 Å². The third-order valence-electron chi connectivity index (χ3n) is 4.14. The number of pyridine rings is 1. The molecule has 1 N–H and O–H groups in total. The second kappa shape index (κ2) is 7.65. The van der Waals surface area contributed by atoms with Crippen molar-refractivity contribution >= 4 is 5.91 Å². The lowest BCUT2D eigenvalue weighted by Gasteiger charge is -2.10. The number of hydrogen-bond acceptors (Lipinski definition) is 5. The Kier molecular flexibility index (Phi) is 4.74. The first kappa shape index (κ1) is 16.7. The van der Waals surface area contributed by atoms with E-state index in [1.807, 2.05) is 47.3 Å². The Hall–Kier alpha value is -3.74. The summed E-state index contributed by atoms with van der Waals surface area (Å²) in [4.78, 5) is 16.5. The van der Waals surface area contributed by atoms with Gasteiger partial charge in [-0.15, -0.1) is 0 Å². The van der Waals surface area contributed by atoms with E-state index in [4.69, 9.17) is 4.52 Å². The molecule has 27 heavy (non-hydrogen) atoms. The van der Waals surface area contributed by atoms with Crippen molar-refractivity contribution in [1.82, 2.24) is 25.2 Å². The first-order valence-corrected chi connectivity index (χ1v) is 8.49. The maximum atomic E-state index is 12.4. The van der Waals surface area contributed by atoms with E-state index in [0.717, 1.165) is 16.7 Å². The van der Waals surface area contributed by atoms with Crippen molar-refractivity contribution in [3.8, 4) is 11.3 Å². The summed E-state index contributed by atoms with van der Waals surface area (Å²) in [6.45, 7) is 1.04. The summed E-state index contributed by atoms with van der Waals surface area (Å²) >= 11 is 0. The van der Waals surface area contributed by atoms with Crippen molar-refractivity contribution in [3.63, 3.8) is 0 Å². The molecule has 7 heteroatoms. The number of carbonyl (C=O) groups excluding carboxylic acids is 1. The van der Waals surface area contributed by atoms with Crippen molar-refractivity contribution in [1.29, 1.82) is 0 Å². The van der Waals surface area contributed by atoms with E-state index in [9.17, 15) is 4.79 Å². The Bertz CT molecular complexity index is 1030. The van der Waals surface area contributed by atoms with Gasteiger partial charge in [0.15, 0.2) is 11.5 Å². The molecule has 0 aliphatic rings. The predicted octanol–water partition coefficient (Wildman–Crippen LogP) is 2.91. The normalized spacial score (nSPS) is 10.7. The fourth-order valence-electron chi connectivity index (χ4n) is 2.75. The molecule has 134 valence electrons. The maximum absolute atomic E-state index is 12.4. The average molecular weight is 359 g/mol. The lowest BCUT2D eigenvalue weighted by Crippen LogP contribution is -2.24. The zero-order valence-electron chi connectivity index (χ0n) is 14.4. The molecule has 0 aliphatic carbocycles. The van der Waals surface area contributed by atoms with Gasteiger partial charge in [-0.1, -0.05) is 29.4 Å². The van der Waals surface area contributed by atoms with Crippen molar-refractivity contribution in [2.24, 2.45) is 0 Å². The number of benzene rings is 1. The Labute approximate surface area is 155 Å². The van der Waals surface area contributed by atoms with Gasteiger partial charge in [0.25, 0.3) is 5.91 Å². The first-order valence-electron chi connectivity index (χ1n) is 8.49. The van der Waals surface area contributed by atoms with Crippen LogP contribution in [0, 0.1) is 0 Å². The molecule has 0 aliphatic heterocycles. The molecule has 3 heterocycles. The van der Waals surface area contributed by atoms with Gasteiger partial charge in [-0.2, -0.15) is 5.10 Å². The summed E-state index contributed by atoms with van der Waals surface area (Å²) in [6.07, 6.45) is 6.99. The molecule has 0 atom stereocenters. The standard InChI is InChI=1S/C20H17N5O2/c26-20(18-11-19(27-24-18)16-7-3-8-21-12-16)22-13-15-5-1-2-6-17(15)14-25-10-4-9-23-25/h1-12H,13-14H2,(H,22,26). The van der Waals surface area contributed by atoms with E-state index in [1.165, 1.54) is 0 Å². The largest absolute Gasteiger partial charge is 0.355 e. The van der Waals surface area contributed by atoms with Crippen LogP contribution in [-0.4, -0.2) is 25.8 Å². The lowest BCUT2D eigenvalue weighted by atomic mass is 10.1. The van der Waals surface area contributed by atoms with Gasteiger partial charge in [-0.05, 0) is 29.3 Å². The molecule has 3 aromatic heterocycles. The topological polar surface area (TPSA) is 85.8 Å². The number of nitrogens with one attached hydrogen (secondary N) is 1. The number of rotatable bonds is 6. The number of aromatic nitrogens is 4. The monoisotopic (exact) mass is 359 g/mol. The molecular weight excluding hydrogens is 342 g/mol. The molecule has 0 fully saturated rings. The van der Waals surface area contributed by atoms with E-state index < -0.39 is 0 Å². The zero-order valence-corrected chi connectivity index (χ0v) is 14.4. The van der Waals surface area contributed by atoms with E-state index in [-0.39, 0.29) is 11.6 Å². The van der Waals surface area contributed by atoms with Crippen LogP contribution in [0.25, 0.3) is 11.3 Å². The molecule has 0 saturated carbocycles. The molecule has 0 spiro atoms. The van der Waals surface area contributed by atoms with Gasteiger partial charge in [0.05, 0.1) is 6.54 Å². The number of amides is 1. The van der Waals surface area contributed by atoms with Crippen LogP contribution in [-0.2, 0) is 13.1 Å². The summed E-state index contributed by atoms with van der Waals surface area (Å²) in [5, 5.41) is 11.0. The molecule has 1 amide bonds. The van der Waals surface area contributed by atoms with Crippen LogP contribution in [0.4, 0.5) is 0 Å². The summed E-state index contributed by atoms with van der Waals surface area (Å²) in [7, 11) is 0. The minimum Gasteiger partial charge on any atom is -0.355 e. The SMILES string of the molecule is O=C(NCc1ccccc1Cn1cccn1)c1cc(-c2cccnc2)on1. The van der Waals surface area contributed by atoms with Crippen LogP contribution in [0.1, 0.15) is 21.6 Å². The fourth-order valence-corrected chi connectivity index (χ4v) is 2.75. The minimum atomic E-state index is -0.289. The van der Waals surface area contributed by atoms with Crippen LogP contribution in [0.3, 0.4) is 0 Å². The van der Waals surface area contributed by atoms with Crippen molar-refractivity contribution in [2.45, 2.75) is 13.1 Å². The van der Waals surface area contributed by atoms with Crippen molar-refractivity contribution < 1.29 is 9.32 Å². The van der Waals surface area contributed by atoms with E-state index >= 15 is 0 Å². The molecule has 4 aromatic rings. The Morgan fingerprint density at radius 1 is 1.07 bits per heavy atom. The average Bonchev–Trinajstić information content (AvgIpc) is 3.40. The second-order valence-corrected chi connectivity index (χ2v) is 5.97. The summed E-state index contributed by atoms with van der Waals surface area (Å²) < 4.78 is 7.10. The van der Waals surface area contributed by atoms with E-state index in [1.54, 1.807) is 30.7 Å². The number of carbonyl (C=O) groups is 1. The zero-order chi connectivity index (χ0) is 18.5. The Morgan fingerprint density at radius 2 is 1.96 bits per heavy atom. The van der Waals surface area contributed by atoms with Crippen LogP contribution < -0.4 is 5.32 Å². The fraction of sp³-hybridized carbons (Fsp3) is 0.100. The highest BCUT2D eigenvalue weighted by molar-refractivity contribution is 5.93. The Morgan fingerprint density at radius 3 is 2.74 bits per heavy atom. The van der Waals surface area contributed by atoms with Crippen molar-refractivity contribution in [3.05, 3.63) is 90.1 Å². The number of hydrogen-bond donors (Lipinski definition) is 1. The molecule has 7 nitrogen and oxygen atoms in total. The molecule has 0 bridgehead atoms. The first-order chi connectivity index (χ1) is 13.3. The van der Waals surface area contributed by atoms with Crippen molar-refractivity contribution in [2.75, 3.05) is 0 Å². The van der Waals surface area contributed by atoms with Gasteiger partial charge in [0.2, 0.25) is 0 Å². The summed E-state index contributed by atoms with van der Waals surface area (Å²) in [6, 6.07) is 15.1. The minimum absolute atomic E-state index is 0.235. The third kappa shape index (κ3) is 3.92. The van der Waals surface area contributed by atoms with Crippen LogP contribution in [0.2, 0.25) is 0 Å². The highest BCUT2D eigenvalue weighted by Gasteiger charge is 2.14. The Balaban J connectivity index is 1.44. The van der Waals surface area contributed by atoms with Crippen LogP contribution in [0.5, 0.6) is 0 Å². The van der Waals surface area contributed by atoms with Gasteiger partial charge >= 0.3 is 0 Å². The van der Waals surface area contributed by atoms with Gasteiger partial charge in [-0.3, -0.25) is 14.5 Å². The van der Waals surface area contributed by atoms with E-state index in [2.05, 4.69) is 20.6 Å². The smallest absolute Gasteiger partial charge is 0.273 e. The molecule has 0 unspecified atom stereocenters. The van der Waals surface area contributed by atoms with Gasteiger partial charge in [-0.25, -0.2) is 0 Å². The molecule has 0 radical (unpaired) electrons. The predicted molar refractivity (Wildman–Crippen MR) is 98.7 cm³/mol. The van der Waals surface area contributed by atoms with E-state index in [0.29, 0.717) is 18.8 Å². The van der Waals surface area contributed by atoms with Gasteiger partial charge in [0, 0.05) is 43.0 Å². The van der Waals surface area contributed by atoms with Crippen LogP contribution in [0.15, 0.2) is 77.8 Å². The van der Waals surface area contributed by atoms with Gasteiger partial charge in [0.1, 0.15) is 0 Å². The van der Waals surface area contributed by atoms with Gasteiger partial charge < -0.3 is 9.84 Å². The summed E-state index contributed by atoms with van der Waals surface area (Å²) in [5.41, 5.74) is 3.13. The molecular formula is C20H17N5O2. The highest BCUT2D eigenvalue weighted by atomic mass is 16.5. The number of nitrogens with zero attached hydrogens (tertiary/aromatic N) is 4. The lowest BCUT2D eigenvalue weighted by molar-refractivity contribution is 0.0942. The molecule has 0 saturated heterocycles. The quantitative estimate of drug-likeness (QED) is 0.572. The highest BCUT2D eigenvalue weighted by Crippen LogP contribution is 2.19. The summed E-state index contributed by atoms with van der Waals surface area (Å²) in [5.74, 6) is 0.218. The maximum Gasteiger partial charge on any atom is 0.273 e. The third-order valence-corrected chi connectivity index (χ3v) is 4.14. The second-order valence-electron chi connectivity index (χ2n) is 5.97.